The molecular weight excluding hydrogens is 186 g/mol. The van der Waals surface area contributed by atoms with E-state index in [1.54, 1.807) is 12.3 Å². The zero-order chi connectivity index (χ0) is 10.7. The van der Waals surface area contributed by atoms with E-state index in [1.165, 1.54) is 0 Å². The first kappa shape index (κ1) is 9.59. The van der Waals surface area contributed by atoms with Crippen LogP contribution in [0.1, 0.15) is 15.9 Å². The summed E-state index contributed by atoms with van der Waals surface area (Å²) in [7, 11) is 0. The number of carbonyl (C=O) groups excluding carboxylic acids is 1. The third kappa shape index (κ3) is 1.94. The molecule has 0 spiro atoms. The van der Waals surface area contributed by atoms with E-state index in [1.807, 2.05) is 37.4 Å². The fraction of sp³-hybridized carbons (Fsp3) is 0.0769. The number of aromatic nitrogens is 1. The van der Waals surface area contributed by atoms with Gasteiger partial charge in [-0.1, -0.05) is 18.2 Å². The number of benzene rings is 1. The first-order valence-corrected chi connectivity index (χ1v) is 4.77. The summed E-state index contributed by atoms with van der Waals surface area (Å²) in [5.41, 5.74) is 3.95. The second kappa shape index (κ2) is 4.05. The monoisotopic (exact) mass is 197 g/mol. The van der Waals surface area contributed by atoms with Crippen molar-refractivity contribution in [3.05, 3.63) is 53.9 Å². The van der Waals surface area contributed by atoms with E-state index in [0.717, 1.165) is 23.0 Å². The molecule has 1 aromatic heterocycles. The molecule has 0 radical (unpaired) electrons. The number of rotatable bonds is 2. The van der Waals surface area contributed by atoms with Crippen molar-refractivity contribution in [3.63, 3.8) is 0 Å². The normalized spacial score (nSPS) is 9.93. The van der Waals surface area contributed by atoms with Crippen molar-refractivity contribution in [2.75, 3.05) is 0 Å². The molecule has 1 heterocycles. The van der Waals surface area contributed by atoms with E-state index in [0.29, 0.717) is 5.56 Å². The third-order valence-corrected chi connectivity index (χ3v) is 2.37. The van der Waals surface area contributed by atoms with Gasteiger partial charge in [0.2, 0.25) is 0 Å². The zero-order valence-corrected chi connectivity index (χ0v) is 8.47. The number of nitrogens with zero attached hydrogens (tertiary/aromatic N) is 1. The molecule has 0 bridgehead atoms. The molecule has 0 aliphatic carbocycles. The van der Waals surface area contributed by atoms with Gasteiger partial charge in [0.1, 0.15) is 6.29 Å². The highest BCUT2D eigenvalue weighted by molar-refractivity contribution is 5.79. The van der Waals surface area contributed by atoms with Crippen LogP contribution in [0.4, 0.5) is 0 Å². The number of carbonyl (C=O) groups is 1. The minimum atomic E-state index is 0.691. The van der Waals surface area contributed by atoms with Gasteiger partial charge in [-0.05, 0) is 30.2 Å². The van der Waals surface area contributed by atoms with Gasteiger partial charge in [0.05, 0.1) is 0 Å². The van der Waals surface area contributed by atoms with Gasteiger partial charge in [-0.3, -0.25) is 9.78 Å². The Kier molecular flexibility index (Phi) is 2.59. The van der Waals surface area contributed by atoms with Crippen LogP contribution >= 0.6 is 0 Å². The number of aryl methyl sites for hydroxylation is 1. The molecule has 0 N–H and O–H groups in total. The van der Waals surface area contributed by atoms with E-state index in [4.69, 9.17) is 0 Å². The Morgan fingerprint density at radius 3 is 2.87 bits per heavy atom. The van der Waals surface area contributed by atoms with Crippen LogP contribution in [0.5, 0.6) is 0 Å². The number of hydrogen-bond acceptors (Lipinski definition) is 2. The van der Waals surface area contributed by atoms with Crippen molar-refractivity contribution < 1.29 is 4.79 Å². The Morgan fingerprint density at radius 2 is 2.13 bits per heavy atom. The second-order valence-corrected chi connectivity index (χ2v) is 3.43. The Morgan fingerprint density at radius 1 is 1.27 bits per heavy atom. The van der Waals surface area contributed by atoms with Crippen LogP contribution in [0, 0.1) is 6.92 Å². The average Bonchev–Trinajstić information content (AvgIpc) is 2.30. The third-order valence-electron chi connectivity index (χ3n) is 2.37. The minimum Gasteiger partial charge on any atom is -0.298 e. The van der Waals surface area contributed by atoms with Crippen LogP contribution in [-0.2, 0) is 0 Å². The summed E-state index contributed by atoms with van der Waals surface area (Å²) in [6.07, 6.45) is 4.44. The number of hydrogen-bond donors (Lipinski definition) is 0. The SMILES string of the molecule is Cc1ccncc1-c1cccc(C=O)c1. The topological polar surface area (TPSA) is 30.0 Å². The Bertz CT molecular complexity index is 491. The van der Waals surface area contributed by atoms with Gasteiger partial charge >= 0.3 is 0 Å². The van der Waals surface area contributed by atoms with Crippen LogP contribution in [0.2, 0.25) is 0 Å². The predicted octanol–water partition coefficient (Wildman–Crippen LogP) is 2.87. The van der Waals surface area contributed by atoms with Crippen LogP contribution < -0.4 is 0 Å². The molecule has 0 saturated heterocycles. The summed E-state index contributed by atoms with van der Waals surface area (Å²) in [5, 5.41) is 0. The van der Waals surface area contributed by atoms with Crippen LogP contribution in [0.3, 0.4) is 0 Å². The van der Waals surface area contributed by atoms with Crippen molar-refractivity contribution in [1.82, 2.24) is 4.98 Å². The lowest BCUT2D eigenvalue weighted by Gasteiger charge is -2.04. The highest BCUT2D eigenvalue weighted by atomic mass is 16.1. The quantitative estimate of drug-likeness (QED) is 0.693. The van der Waals surface area contributed by atoms with Crippen molar-refractivity contribution in [3.8, 4) is 11.1 Å². The predicted molar refractivity (Wildman–Crippen MR) is 59.8 cm³/mol. The van der Waals surface area contributed by atoms with Gasteiger partial charge in [-0.2, -0.15) is 0 Å². The molecule has 2 heteroatoms. The van der Waals surface area contributed by atoms with E-state index >= 15 is 0 Å². The van der Waals surface area contributed by atoms with E-state index in [-0.39, 0.29) is 0 Å². The number of pyridine rings is 1. The standard InChI is InChI=1S/C13H11NO/c1-10-5-6-14-8-13(10)12-4-2-3-11(7-12)9-15/h2-9H,1H3. The first-order valence-electron chi connectivity index (χ1n) is 4.77. The molecule has 2 nitrogen and oxygen atoms in total. The number of aldehydes is 1. The molecule has 2 rings (SSSR count). The fourth-order valence-corrected chi connectivity index (χ4v) is 1.55. The maximum absolute atomic E-state index is 10.7. The maximum atomic E-state index is 10.7. The zero-order valence-electron chi connectivity index (χ0n) is 8.47. The van der Waals surface area contributed by atoms with Gasteiger partial charge < -0.3 is 0 Å². The summed E-state index contributed by atoms with van der Waals surface area (Å²) < 4.78 is 0. The molecule has 15 heavy (non-hydrogen) atoms. The summed E-state index contributed by atoms with van der Waals surface area (Å²) >= 11 is 0. The minimum absolute atomic E-state index is 0.691. The lowest BCUT2D eigenvalue weighted by atomic mass is 10.0. The van der Waals surface area contributed by atoms with Gasteiger partial charge in [0, 0.05) is 23.5 Å². The average molecular weight is 197 g/mol. The highest BCUT2D eigenvalue weighted by Gasteiger charge is 2.01. The summed E-state index contributed by atoms with van der Waals surface area (Å²) in [6.45, 7) is 2.03. The highest BCUT2D eigenvalue weighted by Crippen LogP contribution is 2.22. The van der Waals surface area contributed by atoms with Gasteiger partial charge in [0.15, 0.2) is 0 Å². The van der Waals surface area contributed by atoms with Crippen LogP contribution in [-0.4, -0.2) is 11.3 Å². The van der Waals surface area contributed by atoms with E-state index in [2.05, 4.69) is 4.98 Å². The van der Waals surface area contributed by atoms with Gasteiger partial charge in [0.25, 0.3) is 0 Å². The molecule has 0 amide bonds. The van der Waals surface area contributed by atoms with Crippen LogP contribution in [0.15, 0.2) is 42.7 Å². The smallest absolute Gasteiger partial charge is 0.150 e. The molecule has 1 aromatic carbocycles. The summed E-state index contributed by atoms with van der Waals surface area (Å²) in [4.78, 5) is 14.7. The maximum Gasteiger partial charge on any atom is 0.150 e. The van der Waals surface area contributed by atoms with Crippen molar-refractivity contribution >= 4 is 6.29 Å². The molecule has 2 aromatic rings. The van der Waals surface area contributed by atoms with E-state index in [9.17, 15) is 4.79 Å². The molecule has 0 aliphatic rings. The molecule has 0 aliphatic heterocycles. The van der Waals surface area contributed by atoms with Gasteiger partial charge in [-0.15, -0.1) is 0 Å². The van der Waals surface area contributed by atoms with Gasteiger partial charge in [-0.25, -0.2) is 0 Å². The molecule has 0 atom stereocenters. The first-order chi connectivity index (χ1) is 7.31. The Labute approximate surface area is 88.6 Å². The lowest BCUT2D eigenvalue weighted by Crippen LogP contribution is -1.86. The Balaban J connectivity index is 2.54. The molecule has 0 fully saturated rings. The summed E-state index contributed by atoms with van der Waals surface area (Å²) in [5.74, 6) is 0. The largest absolute Gasteiger partial charge is 0.298 e. The second-order valence-electron chi connectivity index (χ2n) is 3.43. The lowest BCUT2D eigenvalue weighted by molar-refractivity contribution is 0.112. The molecule has 74 valence electrons. The Hall–Kier alpha value is -1.96. The van der Waals surface area contributed by atoms with Crippen molar-refractivity contribution in [1.29, 1.82) is 0 Å². The molecular formula is C13H11NO. The van der Waals surface area contributed by atoms with Crippen LogP contribution in [0.25, 0.3) is 11.1 Å². The van der Waals surface area contributed by atoms with Crippen molar-refractivity contribution in [2.24, 2.45) is 0 Å². The summed E-state index contributed by atoms with van der Waals surface area (Å²) in [6, 6.07) is 9.49. The molecule has 0 saturated carbocycles. The van der Waals surface area contributed by atoms with Crippen molar-refractivity contribution in [2.45, 2.75) is 6.92 Å². The fourth-order valence-electron chi connectivity index (χ4n) is 1.55. The molecule has 0 unspecified atom stereocenters. The van der Waals surface area contributed by atoms with E-state index < -0.39 is 0 Å².